The monoisotopic (exact) mass is 387 g/mol. The topological polar surface area (TPSA) is 31.4 Å². The van der Waals surface area contributed by atoms with Crippen molar-refractivity contribution in [3.8, 4) is 0 Å². The summed E-state index contributed by atoms with van der Waals surface area (Å²) >= 11 is 2.56. The Kier molecular flexibility index (Phi) is 3.84. The SMILES string of the molecule is CC(C)[C@@]12C[C@H](OCc3ccccn3)[C@@](C)(C[C@H]1I)O2. The zero-order chi connectivity index (χ0) is 14.4. The maximum Gasteiger partial charge on any atom is 0.0935 e. The summed E-state index contributed by atoms with van der Waals surface area (Å²) in [6.45, 7) is 7.31. The van der Waals surface area contributed by atoms with Crippen LogP contribution in [0.4, 0.5) is 0 Å². The minimum Gasteiger partial charge on any atom is -0.369 e. The van der Waals surface area contributed by atoms with E-state index in [2.05, 4.69) is 48.3 Å². The summed E-state index contributed by atoms with van der Waals surface area (Å²) in [7, 11) is 0. The first-order valence-corrected chi connectivity index (χ1v) is 8.56. The molecule has 0 unspecified atom stereocenters. The molecule has 2 saturated heterocycles. The molecule has 3 rings (SSSR count). The van der Waals surface area contributed by atoms with Gasteiger partial charge in [0.15, 0.2) is 0 Å². The summed E-state index contributed by atoms with van der Waals surface area (Å²) < 4.78 is 13.2. The maximum atomic E-state index is 6.47. The Morgan fingerprint density at radius 1 is 1.45 bits per heavy atom. The fourth-order valence-corrected chi connectivity index (χ4v) is 5.54. The molecular weight excluding hydrogens is 365 g/mol. The predicted molar refractivity (Wildman–Crippen MR) is 86.9 cm³/mol. The molecule has 0 saturated carbocycles. The third-order valence-corrected chi connectivity index (χ3v) is 6.35. The normalized spacial score (nSPS) is 39.6. The van der Waals surface area contributed by atoms with Crippen LogP contribution >= 0.6 is 22.6 Å². The fourth-order valence-electron chi connectivity index (χ4n) is 3.56. The van der Waals surface area contributed by atoms with Crippen molar-refractivity contribution < 1.29 is 9.47 Å². The number of hydrogen-bond acceptors (Lipinski definition) is 3. The lowest BCUT2D eigenvalue weighted by molar-refractivity contribution is -0.0957. The minimum absolute atomic E-state index is 0.00983. The number of halogens is 1. The van der Waals surface area contributed by atoms with Crippen LogP contribution in [-0.4, -0.2) is 26.2 Å². The molecule has 3 heterocycles. The van der Waals surface area contributed by atoms with E-state index < -0.39 is 0 Å². The third kappa shape index (κ3) is 2.29. The van der Waals surface area contributed by atoms with E-state index >= 15 is 0 Å². The van der Waals surface area contributed by atoms with Crippen LogP contribution in [0.25, 0.3) is 0 Å². The van der Waals surface area contributed by atoms with Gasteiger partial charge >= 0.3 is 0 Å². The molecule has 20 heavy (non-hydrogen) atoms. The molecule has 1 aromatic rings. The number of hydrogen-bond donors (Lipinski definition) is 0. The highest BCUT2D eigenvalue weighted by atomic mass is 127. The van der Waals surface area contributed by atoms with Gasteiger partial charge in [-0.05, 0) is 31.4 Å². The van der Waals surface area contributed by atoms with Gasteiger partial charge in [0.1, 0.15) is 0 Å². The quantitative estimate of drug-likeness (QED) is 0.583. The van der Waals surface area contributed by atoms with Gasteiger partial charge in [-0.1, -0.05) is 42.5 Å². The highest BCUT2D eigenvalue weighted by Gasteiger charge is 2.65. The molecule has 0 spiro atoms. The van der Waals surface area contributed by atoms with Crippen molar-refractivity contribution in [1.82, 2.24) is 4.98 Å². The van der Waals surface area contributed by atoms with E-state index in [0.717, 1.165) is 18.5 Å². The van der Waals surface area contributed by atoms with Gasteiger partial charge in [-0.15, -0.1) is 0 Å². The largest absolute Gasteiger partial charge is 0.369 e. The summed E-state index contributed by atoms with van der Waals surface area (Å²) in [5.74, 6) is 0.523. The number of nitrogens with zero attached hydrogens (tertiary/aromatic N) is 1. The zero-order valence-electron chi connectivity index (χ0n) is 12.3. The zero-order valence-corrected chi connectivity index (χ0v) is 14.5. The molecule has 110 valence electrons. The molecule has 0 aliphatic carbocycles. The maximum absolute atomic E-state index is 6.47. The average Bonchev–Trinajstić information content (AvgIpc) is 2.85. The molecule has 4 heteroatoms. The summed E-state index contributed by atoms with van der Waals surface area (Å²) in [5.41, 5.74) is 0.845. The standard InChI is InChI=1S/C16H22INO2/c1-11(2)16-9-14(15(3,20-16)8-13(16)17)19-10-12-6-4-5-7-18-12/h4-7,11,13-14H,8-10H2,1-3H3/t13-,14+,15-,16+/m1/s1. The molecule has 0 radical (unpaired) electrons. The van der Waals surface area contributed by atoms with Crippen molar-refractivity contribution in [2.24, 2.45) is 5.92 Å². The van der Waals surface area contributed by atoms with E-state index in [4.69, 9.17) is 9.47 Å². The number of ether oxygens (including phenoxy) is 2. The molecule has 0 aromatic carbocycles. The van der Waals surface area contributed by atoms with Crippen LogP contribution in [0.5, 0.6) is 0 Å². The Morgan fingerprint density at radius 2 is 2.25 bits per heavy atom. The van der Waals surface area contributed by atoms with Crippen molar-refractivity contribution >= 4 is 22.6 Å². The van der Waals surface area contributed by atoms with Gasteiger partial charge in [-0.2, -0.15) is 0 Å². The number of rotatable bonds is 4. The van der Waals surface area contributed by atoms with E-state index in [-0.39, 0.29) is 17.3 Å². The Hall–Kier alpha value is -0.200. The van der Waals surface area contributed by atoms with Crippen LogP contribution in [0.3, 0.4) is 0 Å². The second-order valence-corrected chi connectivity index (χ2v) is 8.02. The molecule has 2 fully saturated rings. The molecular formula is C16H22INO2. The number of fused-ring (bicyclic) bond motifs is 2. The highest BCUT2D eigenvalue weighted by molar-refractivity contribution is 14.1. The van der Waals surface area contributed by atoms with E-state index in [1.807, 2.05) is 24.4 Å². The van der Waals surface area contributed by atoms with E-state index in [0.29, 0.717) is 16.4 Å². The molecule has 3 nitrogen and oxygen atoms in total. The molecule has 0 N–H and O–H groups in total. The molecule has 1 aromatic heterocycles. The average molecular weight is 387 g/mol. The molecule has 2 aliphatic rings. The Bertz CT molecular complexity index is 481. The van der Waals surface area contributed by atoms with Gasteiger partial charge < -0.3 is 9.47 Å². The van der Waals surface area contributed by atoms with Crippen LogP contribution in [-0.2, 0) is 16.1 Å². The smallest absolute Gasteiger partial charge is 0.0935 e. The first-order chi connectivity index (χ1) is 9.46. The second kappa shape index (κ2) is 5.21. The summed E-state index contributed by atoms with van der Waals surface area (Å²) in [4.78, 5) is 4.32. The Balaban J connectivity index is 1.71. The molecule has 0 amide bonds. The van der Waals surface area contributed by atoms with Gasteiger partial charge in [0.25, 0.3) is 0 Å². The van der Waals surface area contributed by atoms with Crippen molar-refractivity contribution in [3.63, 3.8) is 0 Å². The van der Waals surface area contributed by atoms with Crippen LogP contribution in [0, 0.1) is 5.92 Å². The summed E-state index contributed by atoms with van der Waals surface area (Å²) in [5, 5.41) is 0. The molecule has 2 bridgehead atoms. The number of alkyl halides is 1. The van der Waals surface area contributed by atoms with E-state index in [1.165, 1.54) is 0 Å². The van der Waals surface area contributed by atoms with Gasteiger partial charge in [0.2, 0.25) is 0 Å². The van der Waals surface area contributed by atoms with Gasteiger partial charge in [0.05, 0.1) is 29.6 Å². The summed E-state index contributed by atoms with van der Waals surface area (Å²) in [6, 6.07) is 5.94. The lowest BCUT2D eigenvalue weighted by Crippen LogP contribution is -2.44. The van der Waals surface area contributed by atoms with E-state index in [1.54, 1.807) is 0 Å². The van der Waals surface area contributed by atoms with Crippen molar-refractivity contribution in [1.29, 1.82) is 0 Å². The van der Waals surface area contributed by atoms with Gasteiger partial charge in [-0.3, -0.25) is 4.98 Å². The van der Waals surface area contributed by atoms with Crippen LogP contribution in [0.2, 0.25) is 0 Å². The highest BCUT2D eigenvalue weighted by Crippen LogP contribution is 2.57. The Morgan fingerprint density at radius 3 is 2.85 bits per heavy atom. The summed E-state index contributed by atoms with van der Waals surface area (Å²) in [6.07, 6.45) is 4.08. The van der Waals surface area contributed by atoms with Crippen molar-refractivity contribution in [3.05, 3.63) is 30.1 Å². The van der Waals surface area contributed by atoms with Crippen LogP contribution in [0.15, 0.2) is 24.4 Å². The minimum atomic E-state index is -0.134. The van der Waals surface area contributed by atoms with Crippen molar-refractivity contribution in [2.45, 2.75) is 61.5 Å². The lowest BCUT2D eigenvalue weighted by Gasteiger charge is -2.35. The molecule has 4 atom stereocenters. The van der Waals surface area contributed by atoms with Crippen LogP contribution in [0.1, 0.15) is 39.3 Å². The Labute approximate surface area is 134 Å². The number of aromatic nitrogens is 1. The lowest BCUT2D eigenvalue weighted by atomic mass is 9.75. The predicted octanol–water partition coefficient (Wildman–Crippen LogP) is 3.75. The first-order valence-electron chi connectivity index (χ1n) is 7.32. The second-order valence-electron chi connectivity index (χ2n) is 6.52. The van der Waals surface area contributed by atoms with E-state index in [9.17, 15) is 0 Å². The third-order valence-electron chi connectivity index (χ3n) is 4.86. The van der Waals surface area contributed by atoms with Gasteiger partial charge in [-0.25, -0.2) is 0 Å². The first kappa shape index (κ1) is 14.7. The van der Waals surface area contributed by atoms with Crippen LogP contribution < -0.4 is 0 Å². The number of pyridine rings is 1. The van der Waals surface area contributed by atoms with Gasteiger partial charge in [0, 0.05) is 16.5 Å². The van der Waals surface area contributed by atoms with Crippen molar-refractivity contribution in [2.75, 3.05) is 0 Å². The molecule has 2 aliphatic heterocycles. The fraction of sp³-hybridized carbons (Fsp3) is 0.688.